The van der Waals surface area contributed by atoms with Gasteiger partial charge in [-0.15, -0.1) is 0 Å². The van der Waals surface area contributed by atoms with Crippen molar-refractivity contribution in [3.63, 3.8) is 0 Å². The number of benzene rings is 1. The number of nitrogens with zero attached hydrogens (tertiary/aromatic N) is 2. The van der Waals surface area contributed by atoms with Crippen LogP contribution in [0.2, 0.25) is 0 Å². The van der Waals surface area contributed by atoms with Gasteiger partial charge in [-0.2, -0.15) is 0 Å². The van der Waals surface area contributed by atoms with Gasteiger partial charge in [-0.1, -0.05) is 15.9 Å². The van der Waals surface area contributed by atoms with Crippen LogP contribution in [0.3, 0.4) is 0 Å². The first kappa shape index (κ1) is 17.9. The van der Waals surface area contributed by atoms with Crippen molar-refractivity contribution in [1.29, 1.82) is 0 Å². The molecule has 0 fully saturated rings. The number of carbonyl (C=O) groups is 1. The quantitative estimate of drug-likeness (QED) is 0.844. The molecule has 7 heteroatoms. The van der Waals surface area contributed by atoms with Crippen molar-refractivity contribution < 1.29 is 14.3 Å². The Bertz CT molecular complexity index is 757. The molecular formula is C16H21BrFN3O2. The molecule has 1 amide bonds. The van der Waals surface area contributed by atoms with E-state index in [1.807, 2.05) is 20.8 Å². The lowest BCUT2D eigenvalue weighted by Crippen LogP contribution is -2.30. The number of imidazole rings is 1. The van der Waals surface area contributed by atoms with Crippen LogP contribution < -0.4 is 5.32 Å². The summed E-state index contributed by atoms with van der Waals surface area (Å²) in [6.07, 6.45) is -0.0769. The summed E-state index contributed by atoms with van der Waals surface area (Å²) >= 11 is 3.28. The topological polar surface area (TPSA) is 67.2 Å². The van der Waals surface area contributed by atoms with Gasteiger partial charge in [0.2, 0.25) is 11.9 Å². The summed E-state index contributed by atoms with van der Waals surface area (Å²) in [5.74, 6) is -0.577. The molecule has 0 spiro atoms. The van der Waals surface area contributed by atoms with Crippen LogP contribution in [0.25, 0.3) is 11.0 Å². The highest BCUT2D eigenvalue weighted by Gasteiger charge is 2.26. The summed E-state index contributed by atoms with van der Waals surface area (Å²) in [6.45, 7) is 8.93. The first-order valence-electron chi connectivity index (χ1n) is 7.29. The molecule has 1 heterocycles. The number of halogens is 2. The van der Waals surface area contributed by atoms with Gasteiger partial charge in [0.25, 0.3) is 0 Å². The third-order valence-corrected chi connectivity index (χ3v) is 3.65. The van der Waals surface area contributed by atoms with E-state index in [1.165, 1.54) is 6.07 Å². The Kier molecular flexibility index (Phi) is 4.56. The van der Waals surface area contributed by atoms with Crippen LogP contribution in [0, 0.1) is 5.82 Å². The van der Waals surface area contributed by atoms with Gasteiger partial charge in [0.15, 0.2) is 5.82 Å². The molecule has 0 saturated carbocycles. The molecule has 1 aromatic carbocycles. The second-order valence-electron chi connectivity index (χ2n) is 7.23. The molecule has 0 unspecified atom stereocenters. The molecule has 0 atom stereocenters. The predicted molar refractivity (Wildman–Crippen MR) is 91.9 cm³/mol. The van der Waals surface area contributed by atoms with E-state index < -0.39 is 17.0 Å². The molecule has 5 nitrogen and oxygen atoms in total. The van der Waals surface area contributed by atoms with Gasteiger partial charge < -0.3 is 9.67 Å². The highest BCUT2D eigenvalue weighted by Crippen LogP contribution is 2.31. The minimum Gasteiger partial charge on any atom is -0.390 e. The van der Waals surface area contributed by atoms with Crippen molar-refractivity contribution >= 4 is 38.8 Å². The Balaban J connectivity index is 2.55. The van der Waals surface area contributed by atoms with Crippen LogP contribution in [-0.4, -0.2) is 26.2 Å². The lowest BCUT2D eigenvalue weighted by Gasteiger charge is -2.25. The number of fused-ring (bicyclic) bond motifs is 1. The maximum Gasteiger partial charge on any atom is 0.229 e. The fourth-order valence-electron chi connectivity index (χ4n) is 2.43. The summed E-state index contributed by atoms with van der Waals surface area (Å²) in [7, 11) is 0. The van der Waals surface area contributed by atoms with E-state index in [0.29, 0.717) is 9.99 Å². The third-order valence-electron chi connectivity index (χ3n) is 3.19. The molecule has 2 N–H and O–H groups in total. The molecular weight excluding hydrogens is 365 g/mol. The minimum absolute atomic E-state index is 0.0769. The predicted octanol–water partition coefficient (Wildman–Crippen LogP) is 3.79. The van der Waals surface area contributed by atoms with E-state index >= 15 is 0 Å². The van der Waals surface area contributed by atoms with E-state index in [-0.39, 0.29) is 23.8 Å². The highest BCUT2D eigenvalue weighted by atomic mass is 79.9. The Hall–Kier alpha value is -1.47. The van der Waals surface area contributed by atoms with Gasteiger partial charge in [0.1, 0.15) is 5.52 Å². The van der Waals surface area contributed by atoms with Crippen LogP contribution in [-0.2, 0) is 10.3 Å². The van der Waals surface area contributed by atoms with Gasteiger partial charge in [-0.3, -0.25) is 10.1 Å². The van der Waals surface area contributed by atoms with Crippen molar-refractivity contribution in [2.75, 3.05) is 5.32 Å². The molecule has 0 aliphatic carbocycles. The normalized spacial score (nSPS) is 12.7. The molecule has 0 saturated heterocycles. The van der Waals surface area contributed by atoms with Crippen LogP contribution in [0.4, 0.5) is 10.3 Å². The first-order valence-corrected chi connectivity index (χ1v) is 8.08. The van der Waals surface area contributed by atoms with Crippen LogP contribution in [0.15, 0.2) is 16.6 Å². The fraction of sp³-hybridized carbons (Fsp3) is 0.500. The lowest BCUT2D eigenvalue weighted by atomic mass is 10.1. The van der Waals surface area contributed by atoms with Gasteiger partial charge in [-0.05, 0) is 46.8 Å². The molecule has 0 bridgehead atoms. The van der Waals surface area contributed by atoms with Crippen molar-refractivity contribution in [3.8, 4) is 0 Å². The number of amides is 1. The van der Waals surface area contributed by atoms with E-state index in [0.717, 1.165) is 0 Å². The average Bonchev–Trinajstić information content (AvgIpc) is 2.63. The molecule has 23 heavy (non-hydrogen) atoms. The number of carbonyl (C=O) groups excluding carboxylic acids is 1. The molecule has 1 aromatic heterocycles. The lowest BCUT2D eigenvalue weighted by molar-refractivity contribution is -0.119. The molecule has 0 aliphatic rings. The van der Waals surface area contributed by atoms with Crippen LogP contribution >= 0.6 is 15.9 Å². The SMILES string of the molecule is CC(C)(O)CC(=O)Nc1nc2c(F)cc(Br)cc2n1C(C)(C)C. The average molecular weight is 386 g/mol. The van der Waals surface area contributed by atoms with Crippen molar-refractivity contribution in [1.82, 2.24) is 9.55 Å². The van der Waals surface area contributed by atoms with Crippen molar-refractivity contribution in [2.45, 2.75) is 52.2 Å². The maximum atomic E-state index is 14.2. The van der Waals surface area contributed by atoms with Gasteiger partial charge in [0.05, 0.1) is 17.5 Å². The van der Waals surface area contributed by atoms with E-state index in [4.69, 9.17) is 0 Å². The second-order valence-corrected chi connectivity index (χ2v) is 8.15. The number of hydrogen-bond acceptors (Lipinski definition) is 3. The summed E-state index contributed by atoms with van der Waals surface area (Å²) in [6, 6.07) is 3.10. The molecule has 2 aromatic rings. The van der Waals surface area contributed by atoms with E-state index in [2.05, 4.69) is 26.2 Å². The van der Waals surface area contributed by atoms with Gasteiger partial charge in [-0.25, -0.2) is 9.37 Å². The zero-order valence-electron chi connectivity index (χ0n) is 13.9. The van der Waals surface area contributed by atoms with Gasteiger partial charge >= 0.3 is 0 Å². The number of nitrogens with one attached hydrogen (secondary N) is 1. The number of aliphatic hydroxyl groups is 1. The second kappa shape index (κ2) is 5.87. The largest absolute Gasteiger partial charge is 0.390 e. The smallest absolute Gasteiger partial charge is 0.229 e. The Labute approximate surface area is 143 Å². The Morgan fingerprint density at radius 1 is 1.35 bits per heavy atom. The summed E-state index contributed by atoms with van der Waals surface area (Å²) < 4.78 is 16.6. The Morgan fingerprint density at radius 2 is 1.96 bits per heavy atom. The molecule has 0 radical (unpaired) electrons. The number of hydrogen-bond donors (Lipinski definition) is 2. The van der Waals surface area contributed by atoms with Gasteiger partial charge in [0, 0.05) is 10.0 Å². The van der Waals surface area contributed by atoms with E-state index in [9.17, 15) is 14.3 Å². The molecule has 2 rings (SSSR count). The zero-order chi connectivity index (χ0) is 17.6. The van der Waals surface area contributed by atoms with Crippen LogP contribution in [0.5, 0.6) is 0 Å². The first-order chi connectivity index (χ1) is 10.4. The fourth-order valence-corrected chi connectivity index (χ4v) is 2.85. The molecule has 0 aliphatic heterocycles. The number of anilines is 1. The molecule has 126 valence electrons. The monoisotopic (exact) mass is 385 g/mol. The summed E-state index contributed by atoms with van der Waals surface area (Å²) in [5.41, 5.74) is -0.763. The Morgan fingerprint density at radius 3 is 2.48 bits per heavy atom. The number of rotatable bonds is 3. The van der Waals surface area contributed by atoms with Crippen LogP contribution in [0.1, 0.15) is 41.0 Å². The standard InChI is InChI=1S/C16H21BrFN3O2/c1-15(2,3)21-11-7-9(17)6-10(18)13(11)20-14(21)19-12(22)8-16(4,5)23/h6-7,23H,8H2,1-5H3,(H,19,20,22). The van der Waals surface area contributed by atoms with Crippen molar-refractivity contribution in [2.24, 2.45) is 0 Å². The minimum atomic E-state index is -1.13. The van der Waals surface area contributed by atoms with Crippen molar-refractivity contribution in [3.05, 3.63) is 22.4 Å². The number of aromatic nitrogens is 2. The highest BCUT2D eigenvalue weighted by molar-refractivity contribution is 9.10. The zero-order valence-corrected chi connectivity index (χ0v) is 15.5. The summed E-state index contributed by atoms with van der Waals surface area (Å²) in [4.78, 5) is 16.4. The maximum absolute atomic E-state index is 14.2. The third kappa shape index (κ3) is 4.09. The van der Waals surface area contributed by atoms with E-state index in [1.54, 1.807) is 24.5 Å². The summed E-state index contributed by atoms with van der Waals surface area (Å²) in [5, 5.41) is 12.4.